The van der Waals surface area contributed by atoms with E-state index in [1.54, 1.807) is 24.9 Å². The molecule has 0 aromatic carbocycles. The summed E-state index contributed by atoms with van der Waals surface area (Å²) in [5.41, 5.74) is 2.01. The zero-order chi connectivity index (χ0) is 11.6. The minimum absolute atomic E-state index is 0.171. The van der Waals surface area contributed by atoms with E-state index in [0.29, 0.717) is 0 Å². The van der Waals surface area contributed by atoms with Crippen molar-refractivity contribution in [2.24, 2.45) is 0 Å². The summed E-state index contributed by atoms with van der Waals surface area (Å²) in [6.07, 6.45) is 1.32. The summed E-state index contributed by atoms with van der Waals surface area (Å²) in [6, 6.07) is 2.01. The van der Waals surface area contributed by atoms with Gasteiger partial charge >= 0.3 is 0 Å². The number of nitrogens with zero attached hydrogens (tertiary/aromatic N) is 1. The van der Waals surface area contributed by atoms with Gasteiger partial charge in [0, 0.05) is 10.9 Å². The SMILES string of the molecule is Cc1cc([C@H](C)O)cnc1SC(C)(C)C. The molecule has 15 heavy (non-hydrogen) atoms. The van der Waals surface area contributed by atoms with Crippen molar-refractivity contribution in [2.75, 3.05) is 0 Å². The number of hydrogen-bond acceptors (Lipinski definition) is 3. The van der Waals surface area contributed by atoms with Crippen LogP contribution in [0.2, 0.25) is 0 Å². The van der Waals surface area contributed by atoms with Crippen LogP contribution in [0.25, 0.3) is 0 Å². The first-order chi connectivity index (χ1) is 6.79. The molecule has 0 fully saturated rings. The Hall–Kier alpha value is -0.540. The van der Waals surface area contributed by atoms with Crippen molar-refractivity contribution in [1.29, 1.82) is 0 Å². The average Bonchev–Trinajstić information content (AvgIpc) is 2.05. The highest BCUT2D eigenvalue weighted by Crippen LogP contribution is 2.32. The molecule has 1 rings (SSSR count). The van der Waals surface area contributed by atoms with Crippen molar-refractivity contribution in [1.82, 2.24) is 4.98 Å². The van der Waals surface area contributed by atoms with E-state index in [0.717, 1.165) is 16.2 Å². The number of pyridine rings is 1. The van der Waals surface area contributed by atoms with Gasteiger partial charge in [0.05, 0.1) is 11.1 Å². The van der Waals surface area contributed by atoms with Crippen LogP contribution in [-0.4, -0.2) is 14.8 Å². The zero-order valence-corrected chi connectivity index (χ0v) is 10.9. The topological polar surface area (TPSA) is 33.1 Å². The molecule has 3 heteroatoms. The fourth-order valence-electron chi connectivity index (χ4n) is 1.21. The minimum Gasteiger partial charge on any atom is -0.389 e. The second kappa shape index (κ2) is 4.54. The van der Waals surface area contributed by atoms with Crippen LogP contribution in [0, 0.1) is 6.92 Å². The van der Waals surface area contributed by atoms with Gasteiger partial charge in [0.1, 0.15) is 0 Å². The Labute approximate surface area is 96.1 Å². The van der Waals surface area contributed by atoms with Crippen LogP contribution < -0.4 is 0 Å². The summed E-state index contributed by atoms with van der Waals surface area (Å²) in [5, 5.41) is 10.5. The summed E-state index contributed by atoms with van der Waals surface area (Å²) < 4.78 is 0.171. The molecule has 84 valence electrons. The summed E-state index contributed by atoms with van der Waals surface area (Å²) in [5.74, 6) is 0. The van der Waals surface area contributed by atoms with E-state index in [1.807, 2.05) is 13.0 Å². The summed E-state index contributed by atoms with van der Waals surface area (Å²) in [4.78, 5) is 4.39. The Kier molecular flexibility index (Phi) is 3.79. The average molecular weight is 225 g/mol. The van der Waals surface area contributed by atoms with Crippen LogP contribution in [0.15, 0.2) is 17.3 Å². The molecule has 0 saturated heterocycles. The van der Waals surface area contributed by atoms with Gasteiger partial charge in [-0.25, -0.2) is 4.98 Å². The third-order valence-electron chi connectivity index (χ3n) is 1.94. The first-order valence-corrected chi connectivity index (χ1v) is 5.95. The molecule has 0 spiro atoms. The molecule has 1 heterocycles. The fraction of sp³-hybridized carbons (Fsp3) is 0.583. The third-order valence-corrected chi connectivity index (χ3v) is 3.17. The summed E-state index contributed by atoms with van der Waals surface area (Å²) in [6.45, 7) is 10.3. The lowest BCUT2D eigenvalue weighted by Crippen LogP contribution is -2.08. The predicted octanol–water partition coefficient (Wildman–Crippen LogP) is 3.33. The molecule has 0 bridgehead atoms. The molecule has 0 aliphatic carbocycles. The van der Waals surface area contributed by atoms with Gasteiger partial charge in [-0.3, -0.25) is 0 Å². The Morgan fingerprint density at radius 3 is 2.40 bits per heavy atom. The molecule has 1 aromatic heterocycles. The second-order valence-electron chi connectivity index (χ2n) is 4.78. The molecule has 1 atom stereocenters. The van der Waals surface area contributed by atoms with Gasteiger partial charge in [-0.2, -0.15) is 0 Å². The van der Waals surface area contributed by atoms with Crippen LogP contribution in [-0.2, 0) is 0 Å². The van der Waals surface area contributed by atoms with Crippen molar-refractivity contribution >= 4 is 11.8 Å². The van der Waals surface area contributed by atoms with E-state index >= 15 is 0 Å². The van der Waals surface area contributed by atoms with Crippen molar-refractivity contribution < 1.29 is 5.11 Å². The van der Waals surface area contributed by atoms with E-state index in [2.05, 4.69) is 25.8 Å². The van der Waals surface area contributed by atoms with Gasteiger partial charge in [0.15, 0.2) is 0 Å². The largest absolute Gasteiger partial charge is 0.389 e. The highest BCUT2D eigenvalue weighted by molar-refractivity contribution is 8.00. The number of hydrogen-bond donors (Lipinski definition) is 1. The molecule has 0 unspecified atom stereocenters. The quantitative estimate of drug-likeness (QED) is 0.784. The van der Waals surface area contributed by atoms with E-state index in [-0.39, 0.29) is 4.75 Å². The molecule has 2 nitrogen and oxygen atoms in total. The number of thioether (sulfide) groups is 1. The van der Waals surface area contributed by atoms with Crippen molar-refractivity contribution in [3.05, 3.63) is 23.4 Å². The van der Waals surface area contributed by atoms with E-state index in [4.69, 9.17) is 0 Å². The van der Waals surface area contributed by atoms with Crippen LogP contribution >= 0.6 is 11.8 Å². The number of aryl methyl sites for hydroxylation is 1. The summed E-state index contributed by atoms with van der Waals surface area (Å²) in [7, 11) is 0. The Morgan fingerprint density at radius 1 is 1.40 bits per heavy atom. The highest BCUT2D eigenvalue weighted by Gasteiger charge is 2.15. The maximum atomic E-state index is 9.42. The molecular formula is C12H19NOS. The third kappa shape index (κ3) is 3.84. The van der Waals surface area contributed by atoms with Crippen LogP contribution in [0.3, 0.4) is 0 Å². The van der Waals surface area contributed by atoms with Crippen LogP contribution in [0.1, 0.15) is 44.9 Å². The molecule has 0 saturated carbocycles. The smallest absolute Gasteiger partial charge is 0.0994 e. The molecule has 1 N–H and O–H groups in total. The highest BCUT2D eigenvalue weighted by atomic mass is 32.2. The van der Waals surface area contributed by atoms with Gasteiger partial charge in [-0.05, 0) is 31.0 Å². The lowest BCUT2D eigenvalue weighted by Gasteiger charge is -2.18. The maximum Gasteiger partial charge on any atom is 0.0994 e. The Morgan fingerprint density at radius 2 is 2.00 bits per heavy atom. The second-order valence-corrected chi connectivity index (χ2v) is 6.60. The number of aliphatic hydroxyl groups excluding tert-OH is 1. The lowest BCUT2D eigenvalue weighted by molar-refractivity contribution is 0.198. The van der Waals surface area contributed by atoms with E-state index in [9.17, 15) is 5.11 Å². The summed E-state index contributed by atoms with van der Waals surface area (Å²) >= 11 is 1.76. The molecule has 0 amide bonds. The number of aliphatic hydroxyl groups is 1. The molecular weight excluding hydrogens is 206 g/mol. The van der Waals surface area contributed by atoms with E-state index < -0.39 is 6.10 Å². The van der Waals surface area contributed by atoms with Gasteiger partial charge in [0.25, 0.3) is 0 Å². The lowest BCUT2D eigenvalue weighted by atomic mass is 10.1. The maximum absolute atomic E-state index is 9.42. The molecule has 0 radical (unpaired) electrons. The van der Waals surface area contributed by atoms with Crippen LogP contribution in [0.5, 0.6) is 0 Å². The molecule has 0 aliphatic rings. The zero-order valence-electron chi connectivity index (χ0n) is 10.0. The van der Waals surface area contributed by atoms with Gasteiger partial charge in [-0.1, -0.05) is 20.8 Å². The van der Waals surface area contributed by atoms with Gasteiger partial charge in [-0.15, -0.1) is 11.8 Å². The predicted molar refractivity (Wildman–Crippen MR) is 65.2 cm³/mol. The molecule has 1 aromatic rings. The van der Waals surface area contributed by atoms with Crippen molar-refractivity contribution in [3.8, 4) is 0 Å². The Bertz CT molecular complexity index is 342. The van der Waals surface area contributed by atoms with Gasteiger partial charge in [0.2, 0.25) is 0 Å². The number of aromatic nitrogens is 1. The van der Waals surface area contributed by atoms with Crippen molar-refractivity contribution in [3.63, 3.8) is 0 Å². The first-order valence-electron chi connectivity index (χ1n) is 5.13. The monoisotopic (exact) mass is 225 g/mol. The van der Waals surface area contributed by atoms with E-state index in [1.165, 1.54) is 0 Å². The fourth-order valence-corrected chi connectivity index (χ4v) is 2.11. The van der Waals surface area contributed by atoms with Crippen molar-refractivity contribution in [2.45, 2.75) is 50.5 Å². The Balaban J connectivity index is 2.94. The molecule has 0 aliphatic heterocycles. The minimum atomic E-state index is -0.440. The number of rotatable bonds is 2. The standard InChI is InChI=1S/C12H19NOS/c1-8-6-10(9(2)14)7-13-11(8)15-12(3,4)5/h6-7,9,14H,1-5H3/t9-/m0/s1. The normalized spacial score (nSPS) is 14.0. The van der Waals surface area contributed by atoms with Crippen LogP contribution in [0.4, 0.5) is 0 Å². The first kappa shape index (κ1) is 12.5. The van der Waals surface area contributed by atoms with Gasteiger partial charge < -0.3 is 5.11 Å².